The Balaban J connectivity index is 2.04. The van der Waals surface area contributed by atoms with E-state index in [1.54, 1.807) is 12.0 Å². The molecule has 0 radical (unpaired) electrons. The first kappa shape index (κ1) is 16.3. The van der Waals surface area contributed by atoms with Crippen molar-refractivity contribution in [3.05, 3.63) is 29.8 Å². The fourth-order valence-corrected chi connectivity index (χ4v) is 2.57. The van der Waals surface area contributed by atoms with Crippen molar-refractivity contribution in [3.63, 3.8) is 0 Å². The average Bonchev–Trinajstić information content (AvgIpc) is 2.53. The van der Waals surface area contributed by atoms with Gasteiger partial charge in [0.05, 0.1) is 32.2 Å². The van der Waals surface area contributed by atoms with Crippen LogP contribution in [0, 0.1) is 0 Å². The van der Waals surface area contributed by atoms with Gasteiger partial charge in [-0.3, -0.25) is 9.59 Å². The van der Waals surface area contributed by atoms with E-state index in [-0.39, 0.29) is 18.2 Å². The van der Waals surface area contributed by atoms with Crippen molar-refractivity contribution in [2.45, 2.75) is 25.4 Å². The second-order valence-electron chi connectivity index (χ2n) is 5.37. The lowest BCUT2D eigenvalue weighted by Gasteiger charge is -2.34. The fraction of sp³-hybridized carbons (Fsp3) is 0.500. The molecule has 0 spiro atoms. The van der Waals surface area contributed by atoms with Gasteiger partial charge < -0.3 is 19.5 Å². The first-order valence-corrected chi connectivity index (χ1v) is 7.27. The summed E-state index contributed by atoms with van der Waals surface area (Å²) < 4.78 is 10.6. The number of ether oxygens (including phenoxy) is 2. The summed E-state index contributed by atoms with van der Waals surface area (Å²) in [5, 5.41) is 8.84. The van der Waals surface area contributed by atoms with Crippen LogP contribution in [-0.2, 0) is 14.3 Å². The van der Waals surface area contributed by atoms with Gasteiger partial charge in [0, 0.05) is 13.1 Å². The minimum Gasteiger partial charge on any atom is -0.497 e. The van der Waals surface area contributed by atoms with Gasteiger partial charge in [0.1, 0.15) is 5.75 Å². The van der Waals surface area contributed by atoms with E-state index in [0.717, 1.165) is 5.56 Å². The summed E-state index contributed by atoms with van der Waals surface area (Å²) in [4.78, 5) is 25.1. The maximum atomic E-state index is 12.6. The summed E-state index contributed by atoms with van der Waals surface area (Å²) in [7, 11) is 1.59. The molecule has 6 heteroatoms. The van der Waals surface area contributed by atoms with Crippen molar-refractivity contribution in [1.29, 1.82) is 0 Å². The normalized spacial score (nSPS) is 19.5. The third-order valence-corrected chi connectivity index (χ3v) is 3.82. The number of amides is 1. The highest BCUT2D eigenvalue weighted by Gasteiger charge is 2.29. The summed E-state index contributed by atoms with van der Waals surface area (Å²) in [5.41, 5.74) is 0.880. The van der Waals surface area contributed by atoms with E-state index >= 15 is 0 Å². The van der Waals surface area contributed by atoms with Crippen LogP contribution < -0.4 is 4.74 Å². The molecule has 6 nitrogen and oxygen atoms in total. The number of carboxylic acid groups (broad SMARTS) is 1. The first-order chi connectivity index (χ1) is 10.5. The zero-order chi connectivity index (χ0) is 16.1. The molecule has 0 bridgehead atoms. The monoisotopic (exact) mass is 307 g/mol. The Morgan fingerprint density at radius 3 is 2.95 bits per heavy atom. The molecule has 1 N–H and O–H groups in total. The van der Waals surface area contributed by atoms with Gasteiger partial charge in [-0.05, 0) is 24.6 Å². The van der Waals surface area contributed by atoms with Gasteiger partial charge in [-0.25, -0.2) is 0 Å². The van der Waals surface area contributed by atoms with Gasteiger partial charge in [0.2, 0.25) is 5.91 Å². The minimum absolute atomic E-state index is 0.0214. The van der Waals surface area contributed by atoms with Crippen LogP contribution in [-0.4, -0.2) is 54.8 Å². The highest BCUT2D eigenvalue weighted by Crippen LogP contribution is 2.23. The first-order valence-electron chi connectivity index (χ1n) is 7.27. The van der Waals surface area contributed by atoms with E-state index in [9.17, 15) is 9.59 Å². The van der Waals surface area contributed by atoms with Crippen molar-refractivity contribution >= 4 is 11.9 Å². The maximum absolute atomic E-state index is 12.6. The van der Waals surface area contributed by atoms with Crippen LogP contribution >= 0.6 is 0 Å². The van der Waals surface area contributed by atoms with Crippen LogP contribution in [0.15, 0.2) is 24.3 Å². The molecule has 1 aromatic rings. The van der Waals surface area contributed by atoms with Crippen molar-refractivity contribution in [3.8, 4) is 5.75 Å². The number of nitrogens with zero attached hydrogens (tertiary/aromatic N) is 1. The fourth-order valence-electron chi connectivity index (χ4n) is 2.57. The van der Waals surface area contributed by atoms with E-state index in [1.807, 2.05) is 31.2 Å². The second-order valence-corrected chi connectivity index (χ2v) is 5.37. The van der Waals surface area contributed by atoms with E-state index < -0.39 is 12.1 Å². The smallest absolute Gasteiger partial charge is 0.306 e. The van der Waals surface area contributed by atoms with Gasteiger partial charge >= 0.3 is 5.97 Å². The number of carbonyl (C=O) groups is 2. The number of morpholine rings is 1. The Morgan fingerprint density at radius 2 is 2.27 bits per heavy atom. The number of carbonyl (C=O) groups excluding carboxylic acids is 1. The van der Waals surface area contributed by atoms with Crippen LogP contribution in [0.25, 0.3) is 0 Å². The summed E-state index contributed by atoms with van der Waals surface area (Å²) in [6.07, 6.45) is -0.523. The molecule has 2 unspecified atom stereocenters. The molecule has 1 heterocycles. The summed E-state index contributed by atoms with van der Waals surface area (Å²) in [5.74, 6) is -0.534. The number of rotatable bonds is 5. The highest BCUT2D eigenvalue weighted by molar-refractivity contribution is 5.83. The van der Waals surface area contributed by atoms with Gasteiger partial charge in [-0.1, -0.05) is 12.1 Å². The van der Waals surface area contributed by atoms with Crippen molar-refractivity contribution in [2.24, 2.45) is 0 Å². The number of hydrogen-bond donors (Lipinski definition) is 1. The SMILES string of the molecule is COc1cccc(C(C)C(=O)N2CCOC(CC(=O)O)C2)c1. The molecule has 0 saturated carbocycles. The third-order valence-electron chi connectivity index (χ3n) is 3.82. The predicted molar refractivity (Wildman–Crippen MR) is 80.0 cm³/mol. The summed E-state index contributed by atoms with van der Waals surface area (Å²) in [6, 6.07) is 7.42. The average molecular weight is 307 g/mol. The molecule has 120 valence electrons. The van der Waals surface area contributed by atoms with Crippen molar-refractivity contribution < 1.29 is 24.2 Å². The van der Waals surface area contributed by atoms with Crippen LogP contribution in [0.2, 0.25) is 0 Å². The number of hydrogen-bond acceptors (Lipinski definition) is 4. The van der Waals surface area contributed by atoms with Crippen LogP contribution in [0.1, 0.15) is 24.8 Å². The van der Waals surface area contributed by atoms with Crippen LogP contribution in [0.3, 0.4) is 0 Å². The zero-order valence-electron chi connectivity index (χ0n) is 12.8. The topological polar surface area (TPSA) is 76.1 Å². The molecule has 0 aliphatic carbocycles. The Bertz CT molecular complexity index is 545. The van der Waals surface area contributed by atoms with E-state index in [2.05, 4.69) is 0 Å². The summed E-state index contributed by atoms with van der Waals surface area (Å²) in [6.45, 7) is 3.02. The molecular weight excluding hydrogens is 286 g/mol. The molecular formula is C16H21NO5. The predicted octanol–water partition coefficient (Wildman–Crippen LogP) is 1.50. The Labute approximate surface area is 129 Å². The second kappa shape index (κ2) is 7.26. The Hall–Kier alpha value is -2.08. The van der Waals surface area contributed by atoms with Crippen molar-refractivity contribution in [2.75, 3.05) is 26.8 Å². The standard InChI is InChI=1S/C16H21NO5/c1-11(12-4-3-5-13(8-12)21-2)16(20)17-6-7-22-14(10-17)9-15(18)19/h3-5,8,11,14H,6-7,9-10H2,1-2H3,(H,18,19). The van der Waals surface area contributed by atoms with E-state index in [0.29, 0.717) is 25.4 Å². The number of benzene rings is 1. The van der Waals surface area contributed by atoms with E-state index in [1.165, 1.54) is 0 Å². The van der Waals surface area contributed by atoms with Crippen molar-refractivity contribution in [1.82, 2.24) is 4.90 Å². The molecule has 2 rings (SSSR count). The molecule has 1 aliphatic heterocycles. The zero-order valence-corrected chi connectivity index (χ0v) is 12.8. The quantitative estimate of drug-likeness (QED) is 0.892. The number of methoxy groups -OCH3 is 1. The van der Waals surface area contributed by atoms with Gasteiger partial charge in [0.25, 0.3) is 0 Å². The molecule has 1 fully saturated rings. The number of aliphatic carboxylic acids is 1. The molecule has 1 amide bonds. The van der Waals surface area contributed by atoms with Gasteiger partial charge in [-0.15, -0.1) is 0 Å². The van der Waals surface area contributed by atoms with E-state index in [4.69, 9.17) is 14.6 Å². The third kappa shape index (κ3) is 3.98. The maximum Gasteiger partial charge on any atom is 0.306 e. The molecule has 1 aliphatic rings. The van der Waals surface area contributed by atoms with Gasteiger partial charge in [0.15, 0.2) is 0 Å². The largest absolute Gasteiger partial charge is 0.497 e. The molecule has 0 aromatic heterocycles. The highest BCUT2D eigenvalue weighted by atomic mass is 16.5. The lowest BCUT2D eigenvalue weighted by molar-refractivity contribution is -0.148. The Morgan fingerprint density at radius 1 is 1.50 bits per heavy atom. The molecule has 2 atom stereocenters. The summed E-state index contributed by atoms with van der Waals surface area (Å²) >= 11 is 0. The van der Waals surface area contributed by atoms with Crippen LogP contribution in [0.4, 0.5) is 0 Å². The lowest BCUT2D eigenvalue weighted by Crippen LogP contribution is -2.47. The van der Waals surface area contributed by atoms with Gasteiger partial charge in [-0.2, -0.15) is 0 Å². The molecule has 1 aromatic carbocycles. The lowest BCUT2D eigenvalue weighted by atomic mass is 9.99. The molecule has 1 saturated heterocycles. The molecule has 22 heavy (non-hydrogen) atoms. The minimum atomic E-state index is -0.917. The Kier molecular flexibility index (Phi) is 5.38. The number of carboxylic acids is 1. The van der Waals surface area contributed by atoms with Crippen LogP contribution in [0.5, 0.6) is 5.75 Å².